The van der Waals surface area contributed by atoms with E-state index < -0.39 is 0 Å². The predicted molar refractivity (Wildman–Crippen MR) is 81.3 cm³/mol. The summed E-state index contributed by atoms with van der Waals surface area (Å²) in [7, 11) is 0. The fraction of sp³-hybridized carbons (Fsp3) is 0.333. The number of pyridine rings is 1. The SMILES string of the molecule is O=C(c1ccsc1)N(c1cccnc1)C1CCNCC1. The largest absolute Gasteiger partial charge is 0.317 e. The van der Waals surface area contributed by atoms with Crippen LogP contribution in [0.1, 0.15) is 23.2 Å². The van der Waals surface area contributed by atoms with E-state index in [-0.39, 0.29) is 11.9 Å². The van der Waals surface area contributed by atoms with Crippen LogP contribution in [-0.2, 0) is 0 Å². The standard InChI is InChI=1S/C15H17N3OS/c19-15(12-5-9-20-11-12)18(13-3-7-16-8-4-13)14-2-1-6-17-10-14/h1-2,5-6,9-11,13,16H,3-4,7-8H2. The molecule has 104 valence electrons. The van der Waals surface area contributed by atoms with Crippen molar-refractivity contribution >= 4 is 22.9 Å². The van der Waals surface area contributed by atoms with E-state index in [0.29, 0.717) is 0 Å². The maximum absolute atomic E-state index is 12.8. The average molecular weight is 287 g/mol. The number of nitrogens with one attached hydrogen (secondary N) is 1. The van der Waals surface area contributed by atoms with Crippen molar-refractivity contribution in [2.45, 2.75) is 18.9 Å². The Kier molecular flexibility index (Phi) is 4.08. The van der Waals surface area contributed by atoms with E-state index in [4.69, 9.17) is 0 Å². The molecule has 2 aromatic rings. The highest BCUT2D eigenvalue weighted by atomic mass is 32.1. The zero-order chi connectivity index (χ0) is 13.8. The smallest absolute Gasteiger partial charge is 0.259 e. The maximum atomic E-state index is 12.8. The molecule has 0 saturated carbocycles. The number of carbonyl (C=O) groups excluding carboxylic acids is 1. The third-order valence-corrected chi connectivity index (χ3v) is 4.27. The minimum absolute atomic E-state index is 0.0751. The van der Waals surface area contributed by atoms with Crippen molar-refractivity contribution < 1.29 is 4.79 Å². The Morgan fingerprint density at radius 1 is 1.35 bits per heavy atom. The molecule has 3 heterocycles. The molecule has 0 aliphatic carbocycles. The number of anilines is 1. The van der Waals surface area contributed by atoms with Gasteiger partial charge in [0.25, 0.3) is 5.91 Å². The van der Waals surface area contributed by atoms with Crippen molar-refractivity contribution in [3.8, 4) is 0 Å². The minimum atomic E-state index is 0.0751. The van der Waals surface area contributed by atoms with Crippen LogP contribution in [0.3, 0.4) is 0 Å². The first kappa shape index (κ1) is 13.3. The van der Waals surface area contributed by atoms with Crippen LogP contribution in [0, 0.1) is 0 Å². The van der Waals surface area contributed by atoms with E-state index in [0.717, 1.165) is 37.2 Å². The Labute approximate surface area is 122 Å². The summed E-state index contributed by atoms with van der Waals surface area (Å²) in [5.41, 5.74) is 1.65. The molecule has 1 saturated heterocycles. The molecule has 0 unspecified atom stereocenters. The fourth-order valence-corrected chi connectivity index (χ4v) is 3.21. The fourth-order valence-electron chi connectivity index (χ4n) is 2.58. The van der Waals surface area contributed by atoms with Gasteiger partial charge in [-0.05, 0) is 49.5 Å². The number of hydrogen-bond acceptors (Lipinski definition) is 4. The number of nitrogens with zero attached hydrogens (tertiary/aromatic N) is 2. The second kappa shape index (κ2) is 6.15. The lowest BCUT2D eigenvalue weighted by Crippen LogP contribution is -2.46. The molecule has 0 bridgehead atoms. The molecule has 1 fully saturated rings. The van der Waals surface area contributed by atoms with Gasteiger partial charge in [0.15, 0.2) is 0 Å². The van der Waals surface area contributed by atoms with Crippen LogP contribution < -0.4 is 10.2 Å². The summed E-state index contributed by atoms with van der Waals surface area (Å²) in [5, 5.41) is 7.19. The minimum Gasteiger partial charge on any atom is -0.317 e. The molecular weight excluding hydrogens is 270 g/mol. The number of thiophene rings is 1. The lowest BCUT2D eigenvalue weighted by Gasteiger charge is -2.34. The lowest BCUT2D eigenvalue weighted by atomic mass is 10.0. The first-order chi connectivity index (χ1) is 9.86. The van der Waals surface area contributed by atoms with Gasteiger partial charge in [-0.25, -0.2) is 0 Å². The summed E-state index contributed by atoms with van der Waals surface area (Å²) in [6, 6.07) is 5.97. The summed E-state index contributed by atoms with van der Waals surface area (Å²) >= 11 is 1.55. The van der Waals surface area contributed by atoms with Gasteiger partial charge in [-0.2, -0.15) is 11.3 Å². The summed E-state index contributed by atoms with van der Waals surface area (Å²) in [4.78, 5) is 18.9. The van der Waals surface area contributed by atoms with Crippen molar-refractivity contribution in [3.05, 3.63) is 46.9 Å². The van der Waals surface area contributed by atoms with E-state index >= 15 is 0 Å². The van der Waals surface area contributed by atoms with Crippen molar-refractivity contribution in [3.63, 3.8) is 0 Å². The maximum Gasteiger partial charge on any atom is 0.259 e. The molecule has 4 nitrogen and oxygen atoms in total. The van der Waals surface area contributed by atoms with Gasteiger partial charge in [0.05, 0.1) is 17.4 Å². The molecule has 2 aromatic heterocycles. The van der Waals surface area contributed by atoms with Crippen LogP contribution in [0.15, 0.2) is 41.4 Å². The van der Waals surface area contributed by atoms with E-state index in [1.807, 2.05) is 33.9 Å². The van der Waals surface area contributed by atoms with Gasteiger partial charge in [-0.15, -0.1) is 0 Å². The third-order valence-electron chi connectivity index (χ3n) is 3.58. The van der Waals surface area contributed by atoms with Gasteiger partial charge in [-0.3, -0.25) is 9.78 Å². The number of rotatable bonds is 3. The Hall–Kier alpha value is -1.72. The molecule has 0 atom stereocenters. The van der Waals surface area contributed by atoms with E-state index in [1.165, 1.54) is 0 Å². The molecule has 1 aliphatic heterocycles. The van der Waals surface area contributed by atoms with E-state index in [1.54, 1.807) is 23.7 Å². The summed E-state index contributed by atoms with van der Waals surface area (Å²) in [6.07, 6.45) is 5.46. The second-order valence-electron chi connectivity index (χ2n) is 4.88. The quantitative estimate of drug-likeness (QED) is 0.943. The van der Waals surface area contributed by atoms with Crippen LogP contribution >= 0.6 is 11.3 Å². The molecule has 3 rings (SSSR count). The lowest BCUT2D eigenvalue weighted by molar-refractivity contribution is 0.0972. The normalized spacial score (nSPS) is 16.0. The highest BCUT2D eigenvalue weighted by Crippen LogP contribution is 2.24. The number of amides is 1. The van der Waals surface area contributed by atoms with Crippen LogP contribution in [0.5, 0.6) is 0 Å². The van der Waals surface area contributed by atoms with E-state index in [2.05, 4.69) is 10.3 Å². The Morgan fingerprint density at radius 2 is 2.20 bits per heavy atom. The number of aromatic nitrogens is 1. The third kappa shape index (κ3) is 2.73. The van der Waals surface area contributed by atoms with Gasteiger partial charge in [-0.1, -0.05) is 0 Å². The van der Waals surface area contributed by atoms with Gasteiger partial charge < -0.3 is 10.2 Å². The van der Waals surface area contributed by atoms with E-state index in [9.17, 15) is 4.79 Å². The number of hydrogen-bond donors (Lipinski definition) is 1. The molecule has 0 spiro atoms. The Balaban J connectivity index is 1.92. The zero-order valence-corrected chi connectivity index (χ0v) is 12.0. The average Bonchev–Trinajstić information content (AvgIpc) is 3.04. The highest BCUT2D eigenvalue weighted by Gasteiger charge is 2.27. The van der Waals surface area contributed by atoms with Crippen molar-refractivity contribution in [2.24, 2.45) is 0 Å². The first-order valence-electron chi connectivity index (χ1n) is 6.83. The predicted octanol–water partition coefficient (Wildman–Crippen LogP) is 2.54. The first-order valence-corrected chi connectivity index (χ1v) is 7.77. The molecule has 20 heavy (non-hydrogen) atoms. The molecule has 1 amide bonds. The zero-order valence-electron chi connectivity index (χ0n) is 11.2. The summed E-state index contributed by atoms with van der Waals surface area (Å²) < 4.78 is 0. The van der Waals surface area contributed by atoms with Gasteiger partial charge >= 0.3 is 0 Å². The molecule has 5 heteroatoms. The molecule has 1 N–H and O–H groups in total. The van der Waals surface area contributed by atoms with Gasteiger partial charge in [0, 0.05) is 17.6 Å². The van der Waals surface area contributed by atoms with Crippen LogP contribution in [0.25, 0.3) is 0 Å². The molecule has 1 aliphatic rings. The van der Waals surface area contributed by atoms with Crippen molar-refractivity contribution in [2.75, 3.05) is 18.0 Å². The topological polar surface area (TPSA) is 45.2 Å². The van der Waals surface area contributed by atoms with Crippen LogP contribution in [0.4, 0.5) is 5.69 Å². The van der Waals surface area contributed by atoms with Crippen molar-refractivity contribution in [1.29, 1.82) is 0 Å². The Bertz CT molecular complexity index is 550. The van der Waals surface area contributed by atoms with Crippen LogP contribution in [-0.4, -0.2) is 30.0 Å². The molecular formula is C15H17N3OS. The van der Waals surface area contributed by atoms with Crippen LogP contribution in [0.2, 0.25) is 0 Å². The second-order valence-corrected chi connectivity index (χ2v) is 5.66. The summed E-state index contributed by atoms with van der Waals surface area (Å²) in [6.45, 7) is 1.91. The van der Waals surface area contributed by atoms with Crippen molar-refractivity contribution in [1.82, 2.24) is 10.3 Å². The van der Waals surface area contributed by atoms with Gasteiger partial charge in [0.1, 0.15) is 0 Å². The Morgan fingerprint density at radius 3 is 2.85 bits per heavy atom. The number of carbonyl (C=O) groups is 1. The summed E-state index contributed by atoms with van der Waals surface area (Å²) in [5.74, 6) is 0.0751. The molecule has 0 aromatic carbocycles. The van der Waals surface area contributed by atoms with Gasteiger partial charge in [0.2, 0.25) is 0 Å². The molecule has 0 radical (unpaired) electrons. The number of piperidine rings is 1. The highest BCUT2D eigenvalue weighted by molar-refractivity contribution is 7.08. The monoisotopic (exact) mass is 287 g/mol.